The number of nitro benzene ring substituents is 1. The molecule has 0 saturated carbocycles. The minimum Gasteiger partial charge on any atom is -0.457 e. The van der Waals surface area contributed by atoms with E-state index in [1.807, 2.05) is 13.8 Å². The highest BCUT2D eigenvalue weighted by molar-refractivity contribution is 8.18. The van der Waals surface area contributed by atoms with Crippen LogP contribution in [0.3, 0.4) is 0 Å². The molecule has 1 aliphatic heterocycles. The van der Waals surface area contributed by atoms with Crippen molar-refractivity contribution in [2.75, 3.05) is 6.54 Å². The Hall–Kier alpha value is -2.87. The number of hydrogen-bond donors (Lipinski definition) is 0. The molecule has 0 atom stereocenters. The maximum Gasteiger partial charge on any atom is 0.293 e. The van der Waals surface area contributed by atoms with Crippen molar-refractivity contribution in [1.82, 2.24) is 4.90 Å². The first-order chi connectivity index (χ1) is 12.4. The molecule has 2 amide bonds. The molecule has 0 spiro atoms. The molecule has 0 radical (unpaired) electrons. The number of imide groups is 1. The Morgan fingerprint density at radius 1 is 1.27 bits per heavy atom. The Balaban J connectivity index is 1.90. The maximum atomic E-state index is 12.3. The van der Waals surface area contributed by atoms with Gasteiger partial charge in [0.05, 0.1) is 9.83 Å². The lowest BCUT2D eigenvalue weighted by Crippen LogP contribution is -2.28. The van der Waals surface area contributed by atoms with Gasteiger partial charge < -0.3 is 4.42 Å². The van der Waals surface area contributed by atoms with Gasteiger partial charge >= 0.3 is 0 Å². The highest BCUT2D eigenvalue weighted by Crippen LogP contribution is 2.34. The summed E-state index contributed by atoms with van der Waals surface area (Å²) < 4.78 is 5.73. The van der Waals surface area contributed by atoms with Crippen LogP contribution in [-0.4, -0.2) is 27.5 Å². The van der Waals surface area contributed by atoms with Crippen LogP contribution >= 0.6 is 11.8 Å². The number of carbonyl (C=O) groups excluding carboxylic acids is 2. The van der Waals surface area contributed by atoms with Crippen molar-refractivity contribution in [3.63, 3.8) is 0 Å². The lowest BCUT2D eigenvalue weighted by Gasteiger charge is -2.09. The van der Waals surface area contributed by atoms with Crippen LogP contribution in [0.15, 0.2) is 39.7 Å². The molecule has 26 heavy (non-hydrogen) atoms. The number of nitro groups is 1. The zero-order valence-electron chi connectivity index (χ0n) is 14.2. The lowest BCUT2D eigenvalue weighted by molar-refractivity contribution is -0.384. The molecular weight excluding hydrogens is 356 g/mol. The standard InChI is InChI=1S/C18H16N2O5S/c1-3-8-19-17(21)16(26-18(19)22)10-13-6-7-15(25-13)14-9-12(20(23)24)5-4-11(14)2/h4-7,9-10H,3,8H2,1-2H3/b16-10+. The Kier molecular flexibility index (Phi) is 4.94. The number of aryl methyl sites for hydroxylation is 1. The van der Waals surface area contributed by atoms with Gasteiger partial charge in [0.2, 0.25) is 0 Å². The Morgan fingerprint density at radius 3 is 2.73 bits per heavy atom. The van der Waals surface area contributed by atoms with Crippen LogP contribution < -0.4 is 0 Å². The van der Waals surface area contributed by atoms with Crippen molar-refractivity contribution in [2.45, 2.75) is 20.3 Å². The summed E-state index contributed by atoms with van der Waals surface area (Å²) in [4.78, 5) is 36.2. The molecule has 7 nitrogen and oxygen atoms in total. The molecule has 2 heterocycles. The quantitative estimate of drug-likeness (QED) is 0.432. The summed E-state index contributed by atoms with van der Waals surface area (Å²) in [6, 6.07) is 7.90. The second-order valence-electron chi connectivity index (χ2n) is 5.79. The van der Waals surface area contributed by atoms with Gasteiger partial charge in [-0.2, -0.15) is 0 Å². The minimum atomic E-state index is -0.462. The van der Waals surface area contributed by atoms with E-state index in [1.165, 1.54) is 23.1 Å². The molecule has 1 saturated heterocycles. The number of hydrogen-bond acceptors (Lipinski definition) is 6. The summed E-state index contributed by atoms with van der Waals surface area (Å²) in [5.41, 5.74) is 1.42. The molecule has 1 aromatic carbocycles. The van der Waals surface area contributed by atoms with E-state index in [9.17, 15) is 19.7 Å². The molecule has 0 bridgehead atoms. The lowest BCUT2D eigenvalue weighted by atomic mass is 10.1. The first-order valence-corrected chi connectivity index (χ1v) is 8.83. The van der Waals surface area contributed by atoms with Gasteiger partial charge in [-0.05, 0) is 42.8 Å². The number of benzene rings is 1. The zero-order chi connectivity index (χ0) is 18.8. The van der Waals surface area contributed by atoms with E-state index < -0.39 is 4.92 Å². The van der Waals surface area contributed by atoms with Crippen LogP contribution in [0.4, 0.5) is 10.5 Å². The van der Waals surface area contributed by atoms with Crippen LogP contribution in [-0.2, 0) is 4.79 Å². The van der Waals surface area contributed by atoms with Crippen LogP contribution in [0.1, 0.15) is 24.7 Å². The van der Waals surface area contributed by atoms with Crippen molar-refractivity contribution in [3.8, 4) is 11.3 Å². The van der Waals surface area contributed by atoms with E-state index in [2.05, 4.69) is 0 Å². The molecule has 1 aliphatic rings. The van der Waals surface area contributed by atoms with Gasteiger partial charge in [-0.15, -0.1) is 0 Å². The van der Waals surface area contributed by atoms with Crippen molar-refractivity contribution in [1.29, 1.82) is 0 Å². The summed E-state index contributed by atoms with van der Waals surface area (Å²) in [5, 5.41) is 10.7. The van der Waals surface area contributed by atoms with Crippen molar-refractivity contribution in [3.05, 3.63) is 56.7 Å². The van der Waals surface area contributed by atoms with Gasteiger partial charge in [-0.3, -0.25) is 24.6 Å². The Morgan fingerprint density at radius 2 is 2.04 bits per heavy atom. The minimum absolute atomic E-state index is 0.0239. The van der Waals surface area contributed by atoms with Gasteiger partial charge in [0.15, 0.2) is 0 Å². The number of thioether (sulfide) groups is 1. The van der Waals surface area contributed by atoms with Gasteiger partial charge in [0.1, 0.15) is 11.5 Å². The highest BCUT2D eigenvalue weighted by Gasteiger charge is 2.34. The fourth-order valence-electron chi connectivity index (χ4n) is 2.61. The van der Waals surface area contributed by atoms with Crippen molar-refractivity contribution in [2.24, 2.45) is 0 Å². The van der Waals surface area contributed by atoms with E-state index in [-0.39, 0.29) is 16.8 Å². The Bertz CT molecular complexity index is 931. The average Bonchev–Trinajstić information content (AvgIpc) is 3.16. The zero-order valence-corrected chi connectivity index (χ0v) is 15.0. The van der Waals surface area contributed by atoms with Crippen LogP contribution in [0.2, 0.25) is 0 Å². The molecule has 1 aromatic heterocycles. The van der Waals surface area contributed by atoms with Gasteiger partial charge in [0, 0.05) is 30.3 Å². The van der Waals surface area contributed by atoms with Crippen LogP contribution in [0.25, 0.3) is 17.4 Å². The van der Waals surface area contributed by atoms with Crippen molar-refractivity contribution >= 4 is 34.7 Å². The van der Waals surface area contributed by atoms with Gasteiger partial charge in [-0.1, -0.05) is 13.0 Å². The van der Waals surface area contributed by atoms with E-state index in [0.29, 0.717) is 35.0 Å². The molecule has 0 N–H and O–H groups in total. The molecule has 8 heteroatoms. The third kappa shape index (κ3) is 3.41. The third-order valence-corrected chi connectivity index (χ3v) is 4.83. The number of carbonyl (C=O) groups is 2. The van der Waals surface area contributed by atoms with E-state index in [0.717, 1.165) is 17.3 Å². The first kappa shape index (κ1) is 17.9. The number of furan rings is 1. The van der Waals surface area contributed by atoms with Crippen LogP contribution in [0.5, 0.6) is 0 Å². The number of non-ortho nitro benzene ring substituents is 1. The molecule has 0 aliphatic carbocycles. The smallest absolute Gasteiger partial charge is 0.293 e. The predicted molar refractivity (Wildman–Crippen MR) is 98.5 cm³/mol. The molecule has 0 unspecified atom stereocenters. The normalized spacial score (nSPS) is 15.9. The summed E-state index contributed by atoms with van der Waals surface area (Å²) >= 11 is 0.880. The number of nitrogens with zero attached hydrogens (tertiary/aromatic N) is 2. The molecule has 1 fully saturated rings. The van der Waals surface area contributed by atoms with E-state index >= 15 is 0 Å². The van der Waals surface area contributed by atoms with Crippen molar-refractivity contribution < 1.29 is 18.9 Å². The van der Waals surface area contributed by atoms with Gasteiger partial charge in [0.25, 0.3) is 16.8 Å². The second-order valence-corrected chi connectivity index (χ2v) is 6.78. The summed E-state index contributed by atoms with van der Waals surface area (Å²) in [6.45, 7) is 4.11. The average molecular weight is 372 g/mol. The Labute approximate surface area is 153 Å². The maximum absolute atomic E-state index is 12.3. The topological polar surface area (TPSA) is 93.7 Å². The summed E-state index contributed by atoms with van der Waals surface area (Å²) in [7, 11) is 0. The molecule has 134 valence electrons. The fraction of sp³-hybridized carbons (Fsp3) is 0.222. The van der Waals surface area contributed by atoms with E-state index in [1.54, 1.807) is 18.2 Å². The molecule has 3 rings (SSSR count). The summed E-state index contributed by atoms with van der Waals surface area (Å²) in [5.74, 6) is 0.546. The van der Waals surface area contributed by atoms with Gasteiger partial charge in [-0.25, -0.2) is 0 Å². The fourth-order valence-corrected chi connectivity index (χ4v) is 3.45. The second kappa shape index (κ2) is 7.17. The van der Waals surface area contributed by atoms with Crippen LogP contribution in [0, 0.1) is 17.0 Å². The first-order valence-electron chi connectivity index (χ1n) is 8.01. The molecular formula is C18H16N2O5S. The monoisotopic (exact) mass is 372 g/mol. The third-order valence-electron chi connectivity index (χ3n) is 3.92. The predicted octanol–water partition coefficient (Wildman–Crippen LogP) is 4.61. The number of amides is 2. The largest absolute Gasteiger partial charge is 0.457 e. The molecule has 2 aromatic rings. The highest BCUT2D eigenvalue weighted by atomic mass is 32.2. The summed E-state index contributed by atoms with van der Waals surface area (Å²) in [6.07, 6.45) is 2.22. The number of rotatable bonds is 5. The van der Waals surface area contributed by atoms with E-state index in [4.69, 9.17) is 4.42 Å². The SMILES string of the molecule is CCCN1C(=O)S/C(=C/c2ccc(-c3cc([N+](=O)[O-])ccc3C)o2)C1=O.